The van der Waals surface area contributed by atoms with Crippen LogP contribution in [0.2, 0.25) is 0 Å². The lowest BCUT2D eigenvalue weighted by Gasteiger charge is -2.59. The quantitative estimate of drug-likeness (QED) is 0.300. The minimum atomic E-state index is 0.284. The van der Waals surface area contributed by atoms with Crippen molar-refractivity contribution in [2.45, 2.75) is 99.8 Å². The van der Waals surface area contributed by atoms with E-state index in [2.05, 4.69) is 126 Å². The van der Waals surface area contributed by atoms with Gasteiger partial charge in [0.1, 0.15) is 0 Å². The lowest BCUT2D eigenvalue weighted by Crippen LogP contribution is -2.51. The van der Waals surface area contributed by atoms with Crippen molar-refractivity contribution < 1.29 is 9.13 Å². The smallest absolute Gasteiger partial charge is 0.0785 e. The van der Waals surface area contributed by atoms with Crippen LogP contribution in [0.3, 0.4) is 0 Å². The number of halogens is 1. The molecular weight excluding hydrogens is 563 g/mol. The normalized spacial score (nSPS) is 30.4. The number of alkyl halides is 1. The van der Waals surface area contributed by atoms with E-state index in [1.54, 1.807) is 12.7 Å². The highest BCUT2D eigenvalue weighted by molar-refractivity contribution is 5.43. The number of methoxy groups -OCH3 is 1. The van der Waals surface area contributed by atoms with Crippen LogP contribution < -0.4 is 0 Å². The molecule has 0 saturated heterocycles. The summed E-state index contributed by atoms with van der Waals surface area (Å²) < 4.78 is 14.0. The zero-order valence-corrected chi connectivity index (χ0v) is 30.6. The Balaban J connectivity index is 0.000000233. The highest BCUT2D eigenvalue weighted by Gasteiger charge is 2.62. The van der Waals surface area contributed by atoms with Crippen LogP contribution in [-0.4, -0.2) is 20.9 Å². The van der Waals surface area contributed by atoms with E-state index in [0.717, 1.165) is 37.2 Å². The summed E-state index contributed by atoms with van der Waals surface area (Å²) >= 11 is 0. The molecule has 0 heterocycles. The average Bonchev–Trinajstić information content (AvgIpc) is 3.35. The third-order valence-electron chi connectivity index (χ3n) is 12.4. The third-order valence-corrected chi connectivity index (χ3v) is 12.4. The van der Waals surface area contributed by atoms with Crippen molar-refractivity contribution in [3.05, 3.63) is 119 Å². The lowest BCUT2D eigenvalue weighted by molar-refractivity contribution is -0.0516. The van der Waals surface area contributed by atoms with Gasteiger partial charge in [0.05, 0.1) is 7.18 Å². The fourth-order valence-electron chi connectivity index (χ4n) is 9.16. The second kappa shape index (κ2) is 16.4. The molecular formula is C44H63FO. The molecule has 0 aliphatic heterocycles. The van der Waals surface area contributed by atoms with Gasteiger partial charge < -0.3 is 4.74 Å². The first-order valence-electron chi connectivity index (χ1n) is 17.7. The van der Waals surface area contributed by atoms with Crippen molar-refractivity contribution in [3.8, 4) is 0 Å². The molecule has 6 atom stereocenters. The molecule has 0 amide bonds. The summed E-state index contributed by atoms with van der Waals surface area (Å²) in [6.45, 7) is 25.7. The highest BCUT2D eigenvalue weighted by Crippen LogP contribution is 2.71. The fraction of sp³-hybridized carbons (Fsp3) is 0.545. The van der Waals surface area contributed by atoms with Crippen LogP contribution in [0.4, 0.5) is 4.39 Å². The molecule has 2 aromatic carbocycles. The van der Waals surface area contributed by atoms with E-state index in [4.69, 9.17) is 0 Å². The van der Waals surface area contributed by atoms with Gasteiger partial charge in [-0.3, -0.25) is 4.39 Å². The van der Waals surface area contributed by atoms with Gasteiger partial charge in [0.25, 0.3) is 0 Å². The second-order valence-corrected chi connectivity index (χ2v) is 14.8. The molecule has 0 N–H and O–H groups in total. The van der Waals surface area contributed by atoms with Crippen LogP contribution in [0.15, 0.2) is 96.6 Å². The van der Waals surface area contributed by atoms with Crippen LogP contribution in [0.1, 0.15) is 102 Å². The van der Waals surface area contributed by atoms with Gasteiger partial charge in [-0.1, -0.05) is 130 Å². The van der Waals surface area contributed by atoms with Crippen LogP contribution >= 0.6 is 0 Å². The molecule has 3 saturated carbocycles. The molecule has 6 rings (SSSR count). The van der Waals surface area contributed by atoms with E-state index in [-0.39, 0.29) is 5.41 Å². The van der Waals surface area contributed by atoms with Gasteiger partial charge in [-0.2, -0.15) is 0 Å². The summed E-state index contributed by atoms with van der Waals surface area (Å²) in [4.78, 5) is 0. The number of ether oxygens (including phenoxy) is 1. The predicted molar refractivity (Wildman–Crippen MR) is 198 cm³/mol. The monoisotopic (exact) mass is 626 g/mol. The first kappa shape index (κ1) is 37.7. The molecule has 4 unspecified atom stereocenters. The van der Waals surface area contributed by atoms with Crippen LogP contribution in [0, 0.1) is 47.8 Å². The van der Waals surface area contributed by atoms with Crippen LogP contribution in [-0.2, 0) is 11.2 Å². The topological polar surface area (TPSA) is 9.23 Å². The highest BCUT2D eigenvalue weighted by atomic mass is 19.1. The van der Waals surface area contributed by atoms with E-state index < -0.39 is 0 Å². The maximum atomic E-state index is 9.50. The zero-order chi connectivity index (χ0) is 34.1. The number of hydrogen-bond donors (Lipinski definition) is 0. The first-order chi connectivity index (χ1) is 21.9. The van der Waals surface area contributed by atoms with Gasteiger partial charge in [0.15, 0.2) is 0 Å². The molecule has 0 radical (unpaired) electrons. The third kappa shape index (κ3) is 7.87. The Morgan fingerprint density at radius 2 is 1.37 bits per heavy atom. The van der Waals surface area contributed by atoms with Gasteiger partial charge in [-0.15, -0.1) is 0 Å². The van der Waals surface area contributed by atoms with Gasteiger partial charge in [0.2, 0.25) is 0 Å². The molecule has 46 heavy (non-hydrogen) atoms. The van der Waals surface area contributed by atoms with Crippen molar-refractivity contribution in [2.24, 2.45) is 34.0 Å². The number of aryl methyl sites for hydroxylation is 2. The Bertz CT molecular complexity index is 1300. The standard InChI is InChI=1S/C25H36.C15H16.C3H8O.CH3F/c1-7-18(3)24(5)14-12-22-20-9-8-19-16-17(2)10-13-23(19,4)21(20)11-15-25(22,24)6;1-12-3-7-14(8-4-12)11-15-9-5-13(2)6-10-15;1-3-4-2;1-2/h10,13,16,20-22H,2-3,7-9,11-12,14-15H2,1,4-6H3;3-10H,11H2,1-2H3;3H2,1-2H3;1H3/t20?,21?,22-,23?,24+,25?;;;/m0.../s1. The number of allylic oxidation sites excluding steroid dienone is 6. The molecule has 3 fully saturated rings. The van der Waals surface area contributed by atoms with Crippen molar-refractivity contribution in [3.63, 3.8) is 0 Å². The van der Waals surface area contributed by atoms with Crippen LogP contribution in [0.25, 0.3) is 0 Å². The van der Waals surface area contributed by atoms with Gasteiger partial charge in [0, 0.05) is 19.1 Å². The van der Waals surface area contributed by atoms with Gasteiger partial charge in [-0.05, 0) is 117 Å². The molecule has 252 valence electrons. The van der Waals surface area contributed by atoms with E-state index in [1.165, 1.54) is 71.9 Å². The fourth-order valence-corrected chi connectivity index (χ4v) is 9.16. The van der Waals surface area contributed by atoms with E-state index in [9.17, 15) is 4.39 Å². The van der Waals surface area contributed by atoms with E-state index in [1.807, 2.05) is 6.92 Å². The van der Waals surface area contributed by atoms with E-state index in [0.29, 0.717) is 18.0 Å². The Labute approximate surface area is 282 Å². The Kier molecular flexibility index (Phi) is 13.5. The van der Waals surface area contributed by atoms with E-state index >= 15 is 0 Å². The summed E-state index contributed by atoms with van der Waals surface area (Å²) in [5, 5.41) is 0. The molecule has 4 aliphatic rings. The maximum Gasteiger partial charge on any atom is 0.0785 e. The zero-order valence-electron chi connectivity index (χ0n) is 30.6. The molecule has 0 bridgehead atoms. The lowest BCUT2D eigenvalue weighted by atomic mass is 9.45. The van der Waals surface area contributed by atoms with Gasteiger partial charge in [-0.25, -0.2) is 0 Å². The maximum absolute atomic E-state index is 9.50. The molecule has 2 aromatic rings. The Hall–Kier alpha value is -2.71. The van der Waals surface area contributed by atoms with Crippen molar-refractivity contribution in [2.75, 3.05) is 20.9 Å². The molecule has 1 nitrogen and oxygen atoms in total. The predicted octanol–water partition coefficient (Wildman–Crippen LogP) is 12.4. The van der Waals surface area contributed by atoms with Crippen molar-refractivity contribution >= 4 is 0 Å². The number of rotatable bonds is 5. The molecule has 2 heteroatoms. The summed E-state index contributed by atoms with van der Waals surface area (Å²) in [6.07, 6.45) is 17.5. The van der Waals surface area contributed by atoms with Crippen LogP contribution in [0.5, 0.6) is 0 Å². The molecule has 4 aliphatic carbocycles. The summed E-state index contributed by atoms with van der Waals surface area (Å²) in [6, 6.07) is 17.5. The first-order valence-corrected chi connectivity index (χ1v) is 17.7. The average molecular weight is 627 g/mol. The summed E-state index contributed by atoms with van der Waals surface area (Å²) in [5.41, 5.74) is 10.9. The Morgan fingerprint density at radius 3 is 1.87 bits per heavy atom. The summed E-state index contributed by atoms with van der Waals surface area (Å²) in [7, 11) is 2.18. The SMILES string of the molecule is C=C1C=CC2(C)C(=C1)CCC1C2CCC2(C)[C@H]1CC[C@]2(C)C(=C)CC.CCOC.CF.Cc1ccc(Cc2ccc(C)cc2)cc1. The largest absolute Gasteiger partial charge is 0.385 e. The number of hydrogen-bond acceptors (Lipinski definition) is 1. The number of fused-ring (bicyclic) bond motifs is 5. The van der Waals surface area contributed by atoms with Crippen molar-refractivity contribution in [1.29, 1.82) is 0 Å². The second-order valence-electron chi connectivity index (χ2n) is 14.8. The minimum Gasteiger partial charge on any atom is -0.385 e. The Morgan fingerprint density at radius 1 is 0.848 bits per heavy atom. The van der Waals surface area contributed by atoms with Gasteiger partial charge >= 0.3 is 0 Å². The minimum absolute atomic E-state index is 0.284. The molecule has 0 spiro atoms. The number of benzene rings is 2. The van der Waals surface area contributed by atoms with Crippen molar-refractivity contribution in [1.82, 2.24) is 0 Å². The molecule has 0 aromatic heterocycles. The summed E-state index contributed by atoms with van der Waals surface area (Å²) in [5.74, 6) is 2.60.